The number of amides is 1. The van der Waals surface area contributed by atoms with Gasteiger partial charge in [-0.05, 0) is 43.7 Å². The largest absolute Gasteiger partial charge is 0.383 e. The van der Waals surface area contributed by atoms with Gasteiger partial charge in [0.25, 0.3) is 0 Å². The van der Waals surface area contributed by atoms with Crippen LogP contribution >= 0.6 is 0 Å². The van der Waals surface area contributed by atoms with E-state index >= 15 is 0 Å². The van der Waals surface area contributed by atoms with Crippen LogP contribution < -0.4 is 16.8 Å². The van der Waals surface area contributed by atoms with Gasteiger partial charge in [0.15, 0.2) is 0 Å². The molecule has 0 unspecified atom stereocenters. The molecule has 1 fully saturated rings. The molecule has 5 N–H and O–H groups in total. The van der Waals surface area contributed by atoms with E-state index in [0.717, 1.165) is 43.1 Å². The Morgan fingerprint density at radius 1 is 1.18 bits per heavy atom. The smallest absolute Gasteiger partial charge is 0.225 e. The van der Waals surface area contributed by atoms with Crippen molar-refractivity contribution in [2.45, 2.75) is 25.7 Å². The number of nitrogen functional groups attached to an aromatic ring is 1. The van der Waals surface area contributed by atoms with Crippen molar-refractivity contribution in [2.24, 2.45) is 17.6 Å². The molecule has 0 bridgehead atoms. The minimum Gasteiger partial charge on any atom is -0.383 e. The van der Waals surface area contributed by atoms with Crippen LogP contribution in [0.25, 0.3) is 10.9 Å². The van der Waals surface area contributed by atoms with E-state index in [4.69, 9.17) is 11.5 Å². The van der Waals surface area contributed by atoms with E-state index in [1.807, 2.05) is 24.3 Å². The van der Waals surface area contributed by atoms with E-state index in [9.17, 15) is 4.79 Å². The number of carbonyl (C=O) groups excluding carboxylic acids is 1. The standard InChI is InChI=1S/C16H21N5O/c17-14-12-3-1-2-4-13(12)20-16(21-14)19-9-10-5-7-11(8-6-10)15(18)22/h1-4,10-11H,5-9H2,(H2,18,22)(H3,17,19,20,21). The summed E-state index contributed by atoms with van der Waals surface area (Å²) in [5, 5.41) is 4.14. The number of nitrogens with two attached hydrogens (primary N) is 2. The molecule has 1 aliphatic carbocycles. The van der Waals surface area contributed by atoms with Gasteiger partial charge < -0.3 is 16.8 Å². The number of carbonyl (C=O) groups is 1. The second-order valence-corrected chi connectivity index (χ2v) is 5.95. The topological polar surface area (TPSA) is 107 Å². The second-order valence-electron chi connectivity index (χ2n) is 5.95. The fraction of sp³-hybridized carbons (Fsp3) is 0.438. The average Bonchev–Trinajstić information content (AvgIpc) is 2.53. The van der Waals surface area contributed by atoms with Crippen LogP contribution in [0.15, 0.2) is 24.3 Å². The lowest BCUT2D eigenvalue weighted by molar-refractivity contribution is -0.122. The minimum atomic E-state index is -0.169. The summed E-state index contributed by atoms with van der Waals surface area (Å²) in [6.45, 7) is 0.795. The van der Waals surface area contributed by atoms with Crippen molar-refractivity contribution in [1.82, 2.24) is 9.97 Å². The first kappa shape index (κ1) is 14.6. The van der Waals surface area contributed by atoms with Crippen LogP contribution in [0, 0.1) is 11.8 Å². The maximum atomic E-state index is 11.2. The third-order valence-corrected chi connectivity index (χ3v) is 4.43. The molecule has 3 rings (SSSR count). The van der Waals surface area contributed by atoms with Gasteiger partial charge in [-0.3, -0.25) is 4.79 Å². The maximum Gasteiger partial charge on any atom is 0.225 e. The van der Waals surface area contributed by atoms with Crippen LogP contribution in [0.2, 0.25) is 0 Å². The summed E-state index contributed by atoms with van der Waals surface area (Å²) in [5.74, 6) is 1.45. The SMILES string of the molecule is NC(=O)C1CCC(CNc2nc(N)c3ccccc3n2)CC1. The van der Waals surface area contributed by atoms with Gasteiger partial charge in [0.1, 0.15) is 5.82 Å². The van der Waals surface area contributed by atoms with Crippen LogP contribution in [0.4, 0.5) is 11.8 Å². The molecule has 0 atom stereocenters. The van der Waals surface area contributed by atoms with Gasteiger partial charge in [0.05, 0.1) is 5.52 Å². The molecule has 0 radical (unpaired) electrons. The summed E-state index contributed by atoms with van der Waals surface area (Å²) in [7, 11) is 0. The molecule has 0 saturated heterocycles. The third kappa shape index (κ3) is 3.10. The first-order chi connectivity index (χ1) is 10.6. The van der Waals surface area contributed by atoms with Gasteiger partial charge in [-0.25, -0.2) is 4.98 Å². The molecule has 22 heavy (non-hydrogen) atoms. The van der Waals surface area contributed by atoms with Gasteiger partial charge in [-0.2, -0.15) is 4.98 Å². The molecule has 1 aromatic heterocycles. The third-order valence-electron chi connectivity index (χ3n) is 4.43. The van der Waals surface area contributed by atoms with E-state index in [-0.39, 0.29) is 11.8 Å². The van der Waals surface area contributed by atoms with Gasteiger partial charge in [-0.1, -0.05) is 12.1 Å². The Morgan fingerprint density at radius 2 is 1.91 bits per heavy atom. The predicted octanol–water partition coefficient (Wildman–Crippen LogP) is 1.92. The highest BCUT2D eigenvalue weighted by atomic mass is 16.1. The lowest BCUT2D eigenvalue weighted by atomic mass is 9.82. The molecule has 6 nitrogen and oxygen atoms in total. The Bertz CT molecular complexity index is 679. The number of hydrogen-bond acceptors (Lipinski definition) is 5. The van der Waals surface area contributed by atoms with E-state index in [1.165, 1.54) is 0 Å². The van der Waals surface area contributed by atoms with Crippen molar-refractivity contribution in [1.29, 1.82) is 0 Å². The summed E-state index contributed by atoms with van der Waals surface area (Å²) in [5.41, 5.74) is 12.2. The Hall–Kier alpha value is -2.37. The summed E-state index contributed by atoms with van der Waals surface area (Å²) >= 11 is 0. The van der Waals surface area contributed by atoms with E-state index in [0.29, 0.717) is 17.7 Å². The average molecular weight is 299 g/mol. The highest BCUT2D eigenvalue weighted by Gasteiger charge is 2.24. The second kappa shape index (κ2) is 6.17. The fourth-order valence-electron chi connectivity index (χ4n) is 3.07. The quantitative estimate of drug-likeness (QED) is 0.799. The Balaban J connectivity index is 1.61. The Kier molecular flexibility index (Phi) is 4.09. The van der Waals surface area contributed by atoms with Crippen molar-refractivity contribution in [3.8, 4) is 0 Å². The summed E-state index contributed by atoms with van der Waals surface area (Å²) < 4.78 is 0. The molecular formula is C16H21N5O. The number of primary amides is 1. The van der Waals surface area contributed by atoms with Gasteiger partial charge in [-0.15, -0.1) is 0 Å². The molecule has 0 aliphatic heterocycles. The van der Waals surface area contributed by atoms with Crippen LogP contribution in [0.3, 0.4) is 0 Å². The van der Waals surface area contributed by atoms with Crippen molar-refractivity contribution in [3.63, 3.8) is 0 Å². The predicted molar refractivity (Wildman–Crippen MR) is 87.1 cm³/mol. The molecule has 116 valence electrons. The lowest BCUT2D eigenvalue weighted by Gasteiger charge is -2.26. The number of nitrogens with one attached hydrogen (secondary N) is 1. The van der Waals surface area contributed by atoms with E-state index < -0.39 is 0 Å². The number of aromatic nitrogens is 2. The summed E-state index contributed by atoms with van der Waals surface area (Å²) in [6.07, 6.45) is 3.76. The van der Waals surface area contributed by atoms with E-state index in [1.54, 1.807) is 0 Å². The number of para-hydroxylation sites is 1. The van der Waals surface area contributed by atoms with Crippen LogP contribution in [0.1, 0.15) is 25.7 Å². The highest BCUT2D eigenvalue weighted by Crippen LogP contribution is 2.28. The zero-order chi connectivity index (χ0) is 15.5. The van der Waals surface area contributed by atoms with Crippen molar-refractivity contribution in [2.75, 3.05) is 17.6 Å². The normalized spacial score (nSPS) is 21.6. The summed E-state index contributed by atoms with van der Waals surface area (Å²) in [6, 6.07) is 7.70. The molecule has 1 amide bonds. The molecule has 0 spiro atoms. The summed E-state index contributed by atoms with van der Waals surface area (Å²) in [4.78, 5) is 20.0. The number of benzene rings is 1. The maximum absolute atomic E-state index is 11.2. The molecular weight excluding hydrogens is 278 g/mol. The number of nitrogens with zero attached hydrogens (tertiary/aromatic N) is 2. The number of fused-ring (bicyclic) bond motifs is 1. The van der Waals surface area contributed by atoms with Crippen molar-refractivity contribution >= 4 is 28.6 Å². The van der Waals surface area contributed by atoms with Crippen LogP contribution in [-0.4, -0.2) is 22.4 Å². The monoisotopic (exact) mass is 299 g/mol. The van der Waals surface area contributed by atoms with E-state index in [2.05, 4.69) is 15.3 Å². The molecule has 1 heterocycles. The van der Waals surface area contributed by atoms with Gasteiger partial charge in [0, 0.05) is 17.8 Å². The van der Waals surface area contributed by atoms with Gasteiger partial charge in [0.2, 0.25) is 11.9 Å². The molecule has 1 aliphatic rings. The van der Waals surface area contributed by atoms with Crippen molar-refractivity contribution in [3.05, 3.63) is 24.3 Å². The molecule has 6 heteroatoms. The molecule has 2 aromatic rings. The molecule has 1 saturated carbocycles. The number of rotatable bonds is 4. The Labute approximate surface area is 129 Å². The first-order valence-corrected chi connectivity index (χ1v) is 7.69. The van der Waals surface area contributed by atoms with Crippen LogP contribution in [-0.2, 0) is 4.79 Å². The lowest BCUT2D eigenvalue weighted by Crippen LogP contribution is -2.29. The first-order valence-electron chi connectivity index (χ1n) is 7.69. The Morgan fingerprint density at radius 3 is 2.64 bits per heavy atom. The minimum absolute atomic E-state index is 0.0452. The fourth-order valence-corrected chi connectivity index (χ4v) is 3.07. The van der Waals surface area contributed by atoms with Crippen molar-refractivity contribution < 1.29 is 4.79 Å². The van der Waals surface area contributed by atoms with Crippen LogP contribution in [0.5, 0.6) is 0 Å². The number of anilines is 2. The number of hydrogen-bond donors (Lipinski definition) is 3. The molecule has 1 aromatic carbocycles. The van der Waals surface area contributed by atoms with Gasteiger partial charge >= 0.3 is 0 Å². The highest BCUT2D eigenvalue weighted by molar-refractivity contribution is 5.88. The zero-order valence-corrected chi connectivity index (χ0v) is 12.5. The zero-order valence-electron chi connectivity index (χ0n) is 12.5.